The maximum Gasteiger partial charge on any atom is 0.0638 e. The third-order valence-corrected chi connectivity index (χ3v) is 3.23. The van der Waals surface area contributed by atoms with Crippen LogP contribution in [0.3, 0.4) is 0 Å². The SMILES string of the molecule is CSCCC(CO)NCc1cn(C)nc1C. The van der Waals surface area contributed by atoms with E-state index in [0.717, 1.165) is 24.4 Å². The molecule has 0 radical (unpaired) electrons. The fraction of sp³-hybridized carbons (Fsp3) is 0.727. The first kappa shape index (κ1) is 13.5. The molecule has 0 aliphatic heterocycles. The lowest BCUT2D eigenvalue weighted by atomic mass is 10.2. The van der Waals surface area contributed by atoms with Gasteiger partial charge < -0.3 is 10.4 Å². The molecule has 0 fully saturated rings. The predicted octanol–water partition coefficient (Wildman–Crippen LogP) is 0.932. The van der Waals surface area contributed by atoms with E-state index < -0.39 is 0 Å². The first-order valence-corrected chi connectivity index (χ1v) is 6.89. The molecule has 1 heterocycles. The minimum atomic E-state index is 0.187. The molecule has 1 aromatic heterocycles. The molecule has 2 N–H and O–H groups in total. The van der Waals surface area contributed by atoms with E-state index in [1.807, 2.05) is 24.9 Å². The van der Waals surface area contributed by atoms with Gasteiger partial charge in [0.15, 0.2) is 0 Å². The van der Waals surface area contributed by atoms with Crippen LogP contribution in [0.25, 0.3) is 0 Å². The van der Waals surface area contributed by atoms with Crippen LogP contribution in [0.4, 0.5) is 0 Å². The summed E-state index contributed by atoms with van der Waals surface area (Å²) in [4.78, 5) is 0. The van der Waals surface area contributed by atoms with Crippen molar-refractivity contribution in [3.63, 3.8) is 0 Å². The summed E-state index contributed by atoms with van der Waals surface area (Å²) in [7, 11) is 1.92. The number of nitrogens with one attached hydrogen (secondary N) is 1. The van der Waals surface area contributed by atoms with Gasteiger partial charge in [0.25, 0.3) is 0 Å². The van der Waals surface area contributed by atoms with Crippen LogP contribution in [0.2, 0.25) is 0 Å². The quantitative estimate of drug-likeness (QED) is 0.748. The number of aryl methyl sites for hydroxylation is 2. The Morgan fingerprint density at radius 2 is 2.38 bits per heavy atom. The van der Waals surface area contributed by atoms with Crippen molar-refractivity contribution in [3.05, 3.63) is 17.5 Å². The fourth-order valence-electron chi connectivity index (χ4n) is 1.59. The van der Waals surface area contributed by atoms with Gasteiger partial charge in [-0.15, -0.1) is 0 Å². The van der Waals surface area contributed by atoms with E-state index in [1.54, 1.807) is 11.8 Å². The van der Waals surface area contributed by atoms with Crippen molar-refractivity contribution in [1.82, 2.24) is 15.1 Å². The predicted molar refractivity (Wildman–Crippen MR) is 68.7 cm³/mol. The molecule has 0 spiro atoms. The van der Waals surface area contributed by atoms with Crippen molar-refractivity contribution in [2.45, 2.75) is 25.9 Å². The summed E-state index contributed by atoms with van der Waals surface area (Å²) in [5.74, 6) is 1.07. The van der Waals surface area contributed by atoms with Gasteiger partial charge in [-0.1, -0.05) is 0 Å². The lowest BCUT2D eigenvalue weighted by Crippen LogP contribution is -2.32. The van der Waals surface area contributed by atoms with Crippen LogP contribution >= 0.6 is 11.8 Å². The largest absolute Gasteiger partial charge is 0.395 e. The third-order valence-electron chi connectivity index (χ3n) is 2.59. The second kappa shape index (κ2) is 6.93. The normalized spacial score (nSPS) is 13.0. The number of nitrogens with zero attached hydrogens (tertiary/aromatic N) is 2. The van der Waals surface area contributed by atoms with Crippen molar-refractivity contribution in [1.29, 1.82) is 0 Å². The first-order valence-electron chi connectivity index (χ1n) is 5.49. The Morgan fingerprint density at radius 1 is 1.62 bits per heavy atom. The van der Waals surface area contributed by atoms with E-state index >= 15 is 0 Å². The van der Waals surface area contributed by atoms with Gasteiger partial charge >= 0.3 is 0 Å². The third kappa shape index (κ3) is 4.15. The van der Waals surface area contributed by atoms with Gasteiger partial charge in [0.1, 0.15) is 0 Å². The maximum absolute atomic E-state index is 9.21. The molecule has 5 heteroatoms. The fourth-order valence-corrected chi connectivity index (χ4v) is 2.11. The second-order valence-electron chi connectivity index (χ2n) is 3.96. The lowest BCUT2D eigenvalue weighted by Gasteiger charge is -2.15. The van der Waals surface area contributed by atoms with Crippen LogP contribution in [0.5, 0.6) is 0 Å². The summed E-state index contributed by atoms with van der Waals surface area (Å²) in [5.41, 5.74) is 2.25. The minimum absolute atomic E-state index is 0.187. The van der Waals surface area contributed by atoms with Gasteiger partial charge in [-0.25, -0.2) is 0 Å². The van der Waals surface area contributed by atoms with Gasteiger partial charge in [0.2, 0.25) is 0 Å². The van der Waals surface area contributed by atoms with Crippen molar-refractivity contribution in [2.24, 2.45) is 7.05 Å². The Labute approximate surface area is 101 Å². The number of aliphatic hydroxyl groups excluding tert-OH is 1. The van der Waals surface area contributed by atoms with Crippen molar-refractivity contribution >= 4 is 11.8 Å². The molecule has 1 unspecified atom stereocenters. The van der Waals surface area contributed by atoms with E-state index in [0.29, 0.717) is 0 Å². The van der Waals surface area contributed by atoms with Gasteiger partial charge in [-0.2, -0.15) is 16.9 Å². The lowest BCUT2D eigenvalue weighted by molar-refractivity contribution is 0.239. The molecule has 0 aliphatic rings. The number of aliphatic hydroxyl groups is 1. The monoisotopic (exact) mass is 243 g/mol. The number of thioether (sulfide) groups is 1. The molecule has 0 amide bonds. The maximum atomic E-state index is 9.21. The van der Waals surface area contributed by atoms with Crippen LogP contribution in [0, 0.1) is 6.92 Å². The Balaban J connectivity index is 2.39. The van der Waals surface area contributed by atoms with Crippen LogP contribution in [0.1, 0.15) is 17.7 Å². The van der Waals surface area contributed by atoms with Gasteiger partial charge in [-0.05, 0) is 25.4 Å². The highest BCUT2D eigenvalue weighted by Crippen LogP contribution is 2.06. The molecule has 0 saturated heterocycles. The van der Waals surface area contributed by atoms with E-state index in [-0.39, 0.29) is 12.6 Å². The van der Waals surface area contributed by atoms with E-state index in [9.17, 15) is 5.11 Å². The van der Waals surface area contributed by atoms with E-state index in [1.165, 1.54) is 5.56 Å². The zero-order chi connectivity index (χ0) is 12.0. The van der Waals surface area contributed by atoms with E-state index in [2.05, 4.69) is 16.7 Å². The van der Waals surface area contributed by atoms with E-state index in [4.69, 9.17) is 0 Å². The molecule has 16 heavy (non-hydrogen) atoms. The zero-order valence-electron chi connectivity index (χ0n) is 10.2. The average molecular weight is 243 g/mol. The topological polar surface area (TPSA) is 50.1 Å². The number of rotatable bonds is 7. The van der Waals surface area contributed by atoms with Gasteiger partial charge in [0.05, 0.1) is 12.3 Å². The van der Waals surface area contributed by atoms with Crippen LogP contribution in [-0.4, -0.2) is 39.5 Å². The number of hydrogen-bond acceptors (Lipinski definition) is 4. The van der Waals surface area contributed by atoms with Crippen molar-refractivity contribution in [3.8, 4) is 0 Å². The minimum Gasteiger partial charge on any atom is -0.395 e. The van der Waals surface area contributed by atoms with Crippen molar-refractivity contribution < 1.29 is 5.11 Å². The molecule has 0 aromatic carbocycles. The average Bonchev–Trinajstić information content (AvgIpc) is 2.58. The highest BCUT2D eigenvalue weighted by atomic mass is 32.2. The molecule has 0 saturated carbocycles. The summed E-state index contributed by atoms with van der Waals surface area (Å²) in [5, 5.41) is 16.9. The number of hydrogen-bond donors (Lipinski definition) is 2. The Kier molecular flexibility index (Phi) is 5.87. The molecule has 92 valence electrons. The Bertz CT molecular complexity index is 314. The molecule has 0 aliphatic carbocycles. The molecule has 1 atom stereocenters. The van der Waals surface area contributed by atoms with Crippen molar-refractivity contribution in [2.75, 3.05) is 18.6 Å². The molecular weight excluding hydrogens is 222 g/mol. The number of aromatic nitrogens is 2. The summed E-state index contributed by atoms with van der Waals surface area (Å²) < 4.78 is 1.82. The van der Waals surface area contributed by atoms with Crippen LogP contribution < -0.4 is 5.32 Å². The molecule has 0 bridgehead atoms. The highest BCUT2D eigenvalue weighted by molar-refractivity contribution is 7.98. The molecular formula is C11H21N3OS. The summed E-state index contributed by atoms with van der Waals surface area (Å²) >= 11 is 1.81. The zero-order valence-corrected chi connectivity index (χ0v) is 11.0. The molecule has 1 aromatic rings. The summed E-state index contributed by atoms with van der Waals surface area (Å²) in [6, 6.07) is 0.187. The van der Waals surface area contributed by atoms with Crippen LogP contribution in [0.15, 0.2) is 6.20 Å². The smallest absolute Gasteiger partial charge is 0.0638 e. The Morgan fingerprint density at radius 3 is 2.88 bits per heavy atom. The standard InChI is InChI=1S/C11H21N3OS/c1-9-10(7-14(2)13-9)6-12-11(8-15)4-5-16-3/h7,11-12,15H,4-6,8H2,1-3H3. The molecule has 4 nitrogen and oxygen atoms in total. The highest BCUT2D eigenvalue weighted by Gasteiger charge is 2.08. The summed E-state index contributed by atoms with van der Waals surface area (Å²) in [6.45, 7) is 2.98. The van der Waals surface area contributed by atoms with Gasteiger partial charge in [-0.3, -0.25) is 4.68 Å². The Hall–Kier alpha value is -0.520. The second-order valence-corrected chi connectivity index (χ2v) is 4.94. The summed E-state index contributed by atoms with van der Waals surface area (Å²) in [6.07, 6.45) is 5.10. The first-order chi connectivity index (χ1) is 7.67. The van der Waals surface area contributed by atoms with Crippen LogP contribution in [-0.2, 0) is 13.6 Å². The van der Waals surface area contributed by atoms with Gasteiger partial charge in [0, 0.05) is 31.4 Å². The molecule has 1 rings (SSSR count).